The second-order valence-electron chi connectivity index (χ2n) is 4.50. The zero-order valence-corrected chi connectivity index (χ0v) is 9.44. The minimum atomic E-state index is 0.429. The van der Waals surface area contributed by atoms with Crippen LogP contribution in [0.1, 0.15) is 20.3 Å². The lowest BCUT2D eigenvalue weighted by Gasteiger charge is -2.14. The largest absolute Gasteiger partial charge is 0.379 e. The summed E-state index contributed by atoms with van der Waals surface area (Å²) in [6, 6.07) is 0.429. The van der Waals surface area contributed by atoms with E-state index in [1.165, 1.54) is 0 Å². The average Bonchev–Trinajstić information content (AvgIpc) is 2.78. The Kier molecular flexibility index (Phi) is 3.26. The van der Waals surface area contributed by atoms with E-state index in [9.17, 15) is 0 Å². The Bertz CT molecular complexity index is 303. The lowest BCUT2D eigenvalue weighted by atomic mass is 10.2. The topological polar surface area (TPSA) is 39.1 Å². The predicted molar refractivity (Wildman–Crippen MR) is 59.9 cm³/mol. The zero-order valence-electron chi connectivity index (χ0n) is 9.44. The molecule has 0 saturated carbocycles. The van der Waals surface area contributed by atoms with E-state index in [1.807, 2.05) is 12.4 Å². The van der Waals surface area contributed by atoms with Gasteiger partial charge in [-0.25, -0.2) is 4.98 Å². The molecule has 1 fully saturated rings. The monoisotopic (exact) mass is 209 g/mol. The standard InChI is InChI=1S/C11H19N3O/c1-9(2)7-14-5-4-12-11(14)13-10-3-6-15-8-10/h4-5,9-10H,3,6-8H2,1-2H3,(H,12,13). The van der Waals surface area contributed by atoms with Crippen molar-refractivity contribution in [3.63, 3.8) is 0 Å². The Morgan fingerprint density at radius 2 is 2.53 bits per heavy atom. The smallest absolute Gasteiger partial charge is 0.203 e. The van der Waals surface area contributed by atoms with Gasteiger partial charge in [0, 0.05) is 25.5 Å². The van der Waals surface area contributed by atoms with Crippen molar-refractivity contribution in [2.24, 2.45) is 5.92 Å². The highest BCUT2D eigenvalue weighted by Gasteiger charge is 2.17. The fourth-order valence-electron chi connectivity index (χ4n) is 1.82. The van der Waals surface area contributed by atoms with Gasteiger partial charge in [0.15, 0.2) is 0 Å². The molecule has 0 bridgehead atoms. The maximum atomic E-state index is 5.33. The van der Waals surface area contributed by atoms with E-state index in [4.69, 9.17) is 4.74 Å². The van der Waals surface area contributed by atoms with Crippen molar-refractivity contribution >= 4 is 5.95 Å². The molecule has 1 aromatic heterocycles. The van der Waals surface area contributed by atoms with Gasteiger partial charge in [0.2, 0.25) is 5.95 Å². The van der Waals surface area contributed by atoms with Gasteiger partial charge >= 0.3 is 0 Å². The molecule has 2 heterocycles. The molecule has 84 valence electrons. The van der Waals surface area contributed by atoms with E-state index in [0.717, 1.165) is 32.1 Å². The van der Waals surface area contributed by atoms with Crippen LogP contribution in [0.4, 0.5) is 5.95 Å². The van der Waals surface area contributed by atoms with Crippen LogP contribution in [-0.4, -0.2) is 28.8 Å². The molecule has 1 unspecified atom stereocenters. The molecule has 0 aliphatic carbocycles. The van der Waals surface area contributed by atoms with Crippen molar-refractivity contribution in [3.8, 4) is 0 Å². The molecule has 1 aromatic rings. The summed E-state index contributed by atoms with van der Waals surface area (Å²) < 4.78 is 7.50. The van der Waals surface area contributed by atoms with Gasteiger partial charge in [0.05, 0.1) is 12.6 Å². The van der Waals surface area contributed by atoms with E-state index in [2.05, 4.69) is 28.7 Å². The van der Waals surface area contributed by atoms with Gasteiger partial charge in [0.25, 0.3) is 0 Å². The third kappa shape index (κ3) is 2.72. The lowest BCUT2D eigenvalue weighted by Crippen LogP contribution is -2.22. The molecule has 1 N–H and O–H groups in total. The van der Waals surface area contributed by atoms with Gasteiger partial charge in [-0.1, -0.05) is 13.8 Å². The number of nitrogens with zero attached hydrogens (tertiary/aromatic N) is 2. The summed E-state index contributed by atoms with van der Waals surface area (Å²) >= 11 is 0. The predicted octanol–water partition coefficient (Wildman–Crippen LogP) is 1.74. The average molecular weight is 209 g/mol. The second kappa shape index (κ2) is 4.66. The summed E-state index contributed by atoms with van der Waals surface area (Å²) in [6.07, 6.45) is 4.95. The number of hydrogen-bond donors (Lipinski definition) is 1. The fourth-order valence-corrected chi connectivity index (χ4v) is 1.82. The molecule has 1 aliphatic heterocycles. The van der Waals surface area contributed by atoms with Crippen LogP contribution in [0, 0.1) is 5.92 Å². The number of imidazole rings is 1. The van der Waals surface area contributed by atoms with Crippen molar-refractivity contribution < 1.29 is 4.74 Å². The summed E-state index contributed by atoms with van der Waals surface area (Å²) in [4.78, 5) is 4.33. The molecule has 4 nitrogen and oxygen atoms in total. The number of anilines is 1. The van der Waals surface area contributed by atoms with Gasteiger partial charge in [-0.2, -0.15) is 0 Å². The van der Waals surface area contributed by atoms with Crippen LogP contribution in [0.5, 0.6) is 0 Å². The normalized spacial score (nSPS) is 21.1. The quantitative estimate of drug-likeness (QED) is 0.821. The Morgan fingerprint density at radius 3 is 3.20 bits per heavy atom. The molecule has 1 saturated heterocycles. The molecule has 0 aromatic carbocycles. The summed E-state index contributed by atoms with van der Waals surface area (Å²) in [7, 11) is 0. The highest BCUT2D eigenvalue weighted by Crippen LogP contribution is 2.13. The van der Waals surface area contributed by atoms with Crippen LogP contribution in [0.15, 0.2) is 12.4 Å². The van der Waals surface area contributed by atoms with Gasteiger partial charge in [-0.3, -0.25) is 0 Å². The van der Waals surface area contributed by atoms with Crippen LogP contribution in [0.2, 0.25) is 0 Å². The molecule has 4 heteroatoms. The molecule has 0 amide bonds. The number of aromatic nitrogens is 2. The second-order valence-corrected chi connectivity index (χ2v) is 4.50. The van der Waals surface area contributed by atoms with Gasteiger partial charge in [-0.15, -0.1) is 0 Å². The third-order valence-electron chi connectivity index (χ3n) is 2.54. The van der Waals surface area contributed by atoms with Crippen LogP contribution >= 0.6 is 0 Å². The Labute approximate surface area is 90.6 Å². The van der Waals surface area contributed by atoms with Crippen molar-refractivity contribution in [2.75, 3.05) is 18.5 Å². The number of ether oxygens (including phenoxy) is 1. The molecule has 1 atom stereocenters. The number of hydrogen-bond acceptors (Lipinski definition) is 3. The number of nitrogens with one attached hydrogen (secondary N) is 1. The van der Waals surface area contributed by atoms with E-state index in [-0.39, 0.29) is 0 Å². The maximum absolute atomic E-state index is 5.33. The van der Waals surface area contributed by atoms with Gasteiger partial charge in [0.1, 0.15) is 0 Å². The van der Waals surface area contributed by atoms with E-state index >= 15 is 0 Å². The Morgan fingerprint density at radius 1 is 1.67 bits per heavy atom. The first kappa shape index (κ1) is 10.5. The highest BCUT2D eigenvalue weighted by molar-refractivity contribution is 5.27. The molecular weight excluding hydrogens is 190 g/mol. The first-order valence-electron chi connectivity index (χ1n) is 5.61. The molecule has 15 heavy (non-hydrogen) atoms. The minimum absolute atomic E-state index is 0.429. The Balaban J connectivity index is 1.97. The maximum Gasteiger partial charge on any atom is 0.203 e. The fraction of sp³-hybridized carbons (Fsp3) is 0.727. The summed E-state index contributed by atoms with van der Waals surface area (Å²) in [5.41, 5.74) is 0. The van der Waals surface area contributed by atoms with Crippen LogP contribution < -0.4 is 5.32 Å². The first-order chi connectivity index (χ1) is 7.25. The molecular formula is C11H19N3O. The summed E-state index contributed by atoms with van der Waals surface area (Å²) in [5, 5.41) is 3.42. The van der Waals surface area contributed by atoms with Crippen LogP contribution in [0.3, 0.4) is 0 Å². The lowest BCUT2D eigenvalue weighted by molar-refractivity contribution is 0.195. The molecule has 0 spiro atoms. The summed E-state index contributed by atoms with van der Waals surface area (Å²) in [5.74, 6) is 1.61. The van der Waals surface area contributed by atoms with E-state index in [1.54, 1.807) is 0 Å². The van der Waals surface area contributed by atoms with Crippen LogP contribution in [0.25, 0.3) is 0 Å². The van der Waals surface area contributed by atoms with Crippen molar-refractivity contribution in [2.45, 2.75) is 32.9 Å². The number of rotatable bonds is 4. The van der Waals surface area contributed by atoms with Crippen molar-refractivity contribution in [1.82, 2.24) is 9.55 Å². The molecule has 2 rings (SSSR count). The SMILES string of the molecule is CC(C)Cn1ccnc1NC1CCOC1. The Hall–Kier alpha value is -1.03. The van der Waals surface area contributed by atoms with E-state index < -0.39 is 0 Å². The van der Waals surface area contributed by atoms with E-state index in [0.29, 0.717) is 12.0 Å². The highest BCUT2D eigenvalue weighted by atomic mass is 16.5. The zero-order chi connectivity index (χ0) is 10.7. The third-order valence-corrected chi connectivity index (χ3v) is 2.54. The first-order valence-corrected chi connectivity index (χ1v) is 5.61. The minimum Gasteiger partial charge on any atom is -0.379 e. The van der Waals surface area contributed by atoms with Gasteiger partial charge < -0.3 is 14.6 Å². The molecule has 0 radical (unpaired) electrons. The molecule has 1 aliphatic rings. The van der Waals surface area contributed by atoms with Crippen molar-refractivity contribution in [1.29, 1.82) is 0 Å². The van der Waals surface area contributed by atoms with Crippen molar-refractivity contribution in [3.05, 3.63) is 12.4 Å². The van der Waals surface area contributed by atoms with Crippen LogP contribution in [-0.2, 0) is 11.3 Å². The van der Waals surface area contributed by atoms with Gasteiger partial charge in [-0.05, 0) is 12.3 Å². The summed E-state index contributed by atoms with van der Waals surface area (Å²) in [6.45, 7) is 7.10.